The molecule has 2 heterocycles. The molecule has 1 aromatic carbocycles. The van der Waals surface area contributed by atoms with Crippen LogP contribution in [-0.4, -0.2) is 50.3 Å². The maximum Gasteiger partial charge on any atom is 0.257 e. The van der Waals surface area contributed by atoms with E-state index in [1.165, 1.54) is 0 Å². The highest BCUT2D eigenvalue weighted by molar-refractivity contribution is 5.99. The summed E-state index contributed by atoms with van der Waals surface area (Å²) in [6.07, 6.45) is 0.899. The number of rotatable bonds is 2. The molecule has 0 bridgehead atoms. The molecule has 2 aliphatic heterocycles. The number of hydrogen-bond donors (Lipinski definition) is 1. The van der Waals surface area contributed by atoms with Gasteiger partial charge in [-0.15, -0.1) is 0 Å². The lowest BCUT2D eigenvalue weighted by Gasteiger charge is -2.26. The third-order valence-corrected chi connectivity index (χ3v) is 3.68. The normalized spacial score (nSPS) is 21.2. The van der Waals surface area contributed by atoms with Crippen molar-refractivity contribution in [3.05, 3.63) is 23.8 Å². The van der Waals surface area contributed by atoms with Crippen molar-refractivity contribution in [3.8, 4) is 5.75 Å². The van der Waals surface area contributed by atoms with Gasteiger partial charge in [-0.1, -0.05) is 6.07 Å². The first-order valence-corrected chi connectivity index (χ1v) is 6.62. The van der Waals surface area contributed by atoms with Crippen LogP contribution in [0.2, 0.25) is 0 Å². The molecular weight excluding hydrogens is 244 g/mol. The molecule has 0 radical (unpaired) electrons. The number of carbonyl (C=O) groups excluding carboxylic acids is 1. The number of nitrogens with one attached hydrogen (secondary N) is 1. The van der Waals surface area contributed by atoms with Crippen LogP contribution in [0.15, 0.2) is 18.2 Å². The molecule has 19 heavy (non-hydrogen) atoms. The van der Waals surface area contributed by atoms with E-state index in [0.29, 0.717) is 24.5 Å². The molecule has 0 aromatic heterocycles. The second-order valence-electron chi connectivity index (χ2n) is 4.89. The van der Waals surface area contributed by atoms with E-state index in [9.17, 15) is 4.79 Å². The van der Waals surface area contributed by atoms with Crippen LogP contribution >= 0.6 is 0 Å². The zero-order valence-corrected chi connectivity index (χ0v) is 11.0. The van der Waals surface area contributed by atoms with Gasteiger partial charge in [0, 0.05) is 20.2 Å². The summed E-state index contributed by atoms with van der Waals surface area (Å²) in [5, 5.41) is 3.25. The van der Waals surface area contributed by atoms with Gasteiger partial charge in [-0.2, -0.15) is 0 Å². The Bertz CT molecular complexity index is 484. The van der Waals surface area contributed by atoms with E-state index in [4.69, 9.17) is 9.47 Å². The first kappa shape index (κ1) is 12.3. The van der Waals surface area contributed by atoms with Crippen molar-refractivity contribution < 1.29 is 14.3 Å². The zero-order valence-electron chi connectivity index (χ0n) is 11.0. The van der Waals surface area contributed by atoms with Gasteiger partial charge in [-0.05, 0) is 18.6 Å². The molecule has 1 fully saturated rings. The smallest absolute Gasteiger partial charge is 0.257 e. The standard InChI is InChI=1S/C14H18N2O3/c1-16(10-5-7-18-9-10)14(17)11-3-2-4-12-13(11)19-8-6-15-12/h2-4,10,15H,5-9H2,1H3. The van der Waals surface area contributed by atoms with Crippen molar-refractivity contribution in [2.75, 3.05) is 38.7 Å². The lowest BCUT2D eigenvalue weighted by atomic mass is 10.1. The Morgan fingerprint density at radius 2 is 2.32 bits per heavy atom. The van der Waals surface area contributed by atoms with Gasteiger partial charge in [0.25, 0.3) is 5.91 Å². The average molecular weight is 262 g/mol. The Hall–Kier alpha value is -1.75. The highest BCUT2D eigenvalue weighted by Crippen LogP contribution is 2.32. The number of likely N-dealkylation sites (N-methyl/N-ethyl adjacent to an activating group) is 1. The van der Waals surface area contributed by atoms with E-state index >= 15 is 0 Å². The largest absolute Gasteiger partial charge is 0.489 e. The van der Waals surface area contributed by atoms with Crippen LogP contribution < -0.4 is 10.1 Å². The van der Waals surface area contributed by atoms with Gasteiger partial charge in [0.2, 0.25) is 0 Å². The number of hydrogen-bond acceptors (Lipinski definition) is 4. The molecule has 5 heteroatoms. The molecule has 1 aromatic rings. The quantitative estimate of drug-likeness (QED) is 0.874. The first-order valence-electron chi connectivity index (χ1n) is 6.62. The highest BCUT2D eigenvalue weighted by Gasteiger charge is 2.28. The predicted molar refractivity (Wildman–Crippen MR) is 71.7 cm³/mol. The minimum absolute atomic E-state index is 0.00366. The highest BCUT2D eigenvalue weighted by atomic mass is 16.5. The number of ether oxygens (including phenoxy) is 2. The minimum atomic E-state index is -0.00366. The van der Waals surface area contributed by atoms with Gasteiger partial charge >= 0.3 is 0 Å². The third kappa shape index (κ3) is 2.26. The Morgan fingerprint density at radius 3 is 3.11 bits per heavy atom. The van der Waals surface area contributed by atoms with E-state index in [0.717, 1.165) is 25.3 Å². The number of amides is 1. The van der Waals surface area contributed by atoms with Gasteiger partial charge in [0.05, 0.1) is 23.9 Å². The fourth-order valence-corrected chi connectivity index (χ4v) is 2.52. The molecule has 1 N–H and O–H groups in total. The minimum Gasteiger partial charge on any atom is -0.489 e. The fourth-order valence-electron chi connectivity index (χ4n) is 2.52. The maximum atomic E-state index is 12.6. The summed E-state index contributed by atoms with van der Waals surface area (Å²) in [6, 6.07) is 5.80. The number of para-hydroxylation sites is 1. The van der Waals surface area contributed by atoms with Crippen molar-refractivity contribution in [1.29, 1.82) is 0 Å². The number of fused-ring (bicyclic) bond motifs is 1. The van der Waals surface area contributed by atoms with Gasteiger partial charge in [0.1, 0.15) is 6.61 Å². The van der Waals surface area contributed by atoms with E-state index in [1.54, 1.807) is 4.90 Å². The molecule has 5 nitrogen and oxygen atoms in total. The molecule has 0 aliphatic carbocycles. The van der Waals surface area contributed by atoms with Crippen LogP contribution in [0, 0.1) is 0 Å². The number of carbonyl (C=O) groups is 1. The molecule has 1 saturated heterocycles. The summed E-state index contributed by atoms with van der Waals surface area (Å²) in [7, 11) is 1.83. The molecule has 0 spiro atoms. The molecular formula is C14H18N2O3. The summed E-state index contributed by atoms with van der Waals surface area (Å²) in [6.45, 7) is 2.72. The topological polar surface area (TPSA) is 50.8 Å². The number of anilines is 1. The molecule has 1 amide bonds. The molecule has 3 rings (SSSR count). The lowest BCUT2D eigenvalue weighted by molar-refractivity contribution is 0.0707. The van der Waals surface area contributed by atoms with Crippen LogP contribution in [-0.2, 0) is 4.74 Å². The van der Waals surface area contributed by atoms with E-state index < -0.39 is 0 Å². The lowest BCUT2D eigenvalue weighted by Crippen LogP contribution is -2.37. The third-order valence-electron chi connectivity index (χ3n) is 3.68. The monoisotopic (exact) mass is 262 g/mol. The van der Waals surface area contributed by atoms with Gasteiger partial charge < -0.3 is 19.7 Å². The Kier molecular flexibility index (Phi) is 3.29. The van der Waals surface area contributed by atoms with Crippen LogP contribution in [0.5, 0.6) is 5.75 Å². The fraction of sp³-hybridized carbons (Fsp3) is 0.500. The SMILES string of the molecule is CN(C(=O)c1cccc2c1OCCN2)C1CCOC1. The van der Waals surface area contributed by atoms with E-state index in [1.807, 2.05) is 25.2 Å². The molecule has 0 saturated carbocycles. The second-order valence-corrected chi connectivity index (χ2v) is 4.89. The van der Waals surface area contributed by atoms with Crippen molar-refractivity contribution in [2.45, 2.75) is 12.5 Å². The number of benzene rings is 1. The molecule has 102 valence electrons. The molecule has 1 unspecified atom stereocenters. The van der Waals surface area contributed by atoms with Gasteiger partial charge in [-0.3, -0.25) is 4.79 Å². The van der Waals surface area contributed by atoms with Crippen molar-refractivity contribution in [3.63, 3.8) is 0 Å². The van der Waals surface area contributed by atoms with Crippen molar-refractivity contribution in [2.24, 2.45) is 0 Å². The van der Waals surface area contributed by atoms with Crippen LogP contribution in [0.3, 0.4) is 0 Å². The molecule has 1 atom stereocenters. The Morgan fingerprint density at radius 1 is 1.42 bits per heavy atom. The predicted octanol–water partition coefficient (Wildman–Crippen LogP) is 1.35. The zero-order chi connectivity index (χ0) is 13.2. The second kappa shape index (κ2) is 5.09. The van der Waals surface area contributed by atoms with Crippen LogP contribution in [0.4, 0.5) is 5.69 Å². The molecule has 2 aliphatic rings. The van der Waals surface area contributed by atoms with Crippen LogP contribution in [0.1, 0.15) is 16.8 Å². The maximum absolute atomic E-state index is 12.6. The summed E-state index contributed by atoms with van der Waals surface area (Å²) in [5.74, 6) is 0.667. The van der Waals surface area contributed by atoms with E-state index in [2.05, 4.69) is 5.32 Å². The Balaban J connectivity index is 1.86. The summed E-state index contributed by atoms with van der Waals surface area (Å²) >= 11 is 0. The summed E-state index contributed by atoms with van der Waals surface area (Å²) in [4.78, 5) is 14.3. The van der Waals surface area contributed by atoms with E-state index in [-0.39, 0.29) is 11.9 Å². The average Bonchev–Trinajstić information content (AvgIpc) is 2.99. The van der Waals surface area contributed by atoms with Crippen molar-refractivity contribution in [1.82, 2.24) is 4.90 Å². The number of nitrogens with zero attached hydrogens (tertiary/aromatic N) is 1. The summed E-state index contributed by atoms with van der Waals surface area (Å²) in [5.41, 5.74) is 1.52. The van der Waals surface area contributed by atoms with Gasteiger partial charge in [0.15, 0.2) is 5.75 Å². The van der Waals surface area contributed by atoms with Gasteiger partial charge in [-0.25, -0.2) is 0 Å². The Labute approximate surface area is 112 Å². The summed E-state index contributed by atoms with van der Waals surface area (Å²) < 4.78 is 11.0. The van der Waals surface area contributed by atoms with Crippen molar-refractivity contribution >= 4 is 11.6 Å². The van der Waals surface area contributed by atoms with Crippen LogP contribution in [0.25, 0.3) is 0 Å². The first-order chi connectivity index (χ1) is 9.27.